The molecule has 0 bridgehead atoms. The zero-order chi connectivity index (χ0) is 14.0. The molecule has 1 aromatic rings. The molecular weight excluding hydrogens is 272 g/mol. The van der Waals surface area contributed by atoms with Gasteiger partial charge in [-0.15, -0.1) is 0 Å². The first-order valence-corrected chi connectivity index (χ1v) is 7.83. The van der Waals surface area contributed by atoms with Crippen LogP contribution in [-0.4, -0.2) is 44.2 Å². The van der Waals surface area contributed by atoms with E-state index in [0.29, 0.717) is 5.41 Å². The minimum Gasteiger partial charge on any atom is -0.371 e. The minimum atomic E-state index is 0.180. The summed E-state index contributed by atoms with van der Waals surface area (Å²) in [5, 5.41) is 4.26. The molecule has 1 aromatic carbocycles. The maximum absolute atomic E-state index is 5.95. The van der Waals surface area contributed by atoms with Crippen LogP contribution in [0.3, 0.4) is 0 Å². The standard InChI is InChI=1S/C16H23ClN2O/c1-16(6-7-18-11-16)12-19-8-9-20-15(10-19)13-2-4-14(17)5-3-13/h2-5,15,18H,6-12H2,1H3. The van der Waals surface area contributed by atoms with Gasteiger partial charge < -0.3 is 10.1 Å². The Morgan fingerprint density at radius 3 is 2.90 bits per heavy atom. The molecule has 3 nitrogen and oxygen atoms in total. The van der Waals surface area contributed by atoms with Crippen molar-refractivity contribution in [3.8, 4) is 0 Å². The molecule has 1 N–H and O–H groups in total. The predicted molar refractivity (Wildman–Crippen MR) is 82.2 cm³/mol. The van der Waals surface area contributed by atoms with Crippen molar-refractivity contribution in [1.29, 1.82) is 0 Å². The van der Waals surface area contributed by atoms with E-state index in [1.807, 2.05) is 12.1 Å². The summed E-state index contributed by atoms with van der Waals surface area (Å²) in [4.78, 5) is 2.55. The normalized spacial score (nSPS) is 31.6. The van der Waals surface area contributed by atoms with Gasteiger partial charge in [0.2, 0.25) is 0 Å². The van der Waals surface area contributed by atoms with Crippen LogP contribution in [0.1, 0.15) is 25.0 Å². The zero-order valence-corrected chi connectivity index (χ0v) is 12.8. The van der Waals surface area contributed by atoms with Gasteiger partial charge in [0.25, 0.3) is 0 Å². The number of halogens is 1. The van der Waals surface area contributed by atoms with Crippen molar-refractivity contribution in [2.75, 3.05) is 39.3 Å². The SMILES string of the molecule is CC1(CN2CCOC(c3ccc(Cl)cc3)C2)CCNC1. The van der Waals surface area contributed by atoms with E-state index in [4.69, 9.17) is 16.3 Å². The van der Waals surface area contributed by atoms with Gasteiger partial charge in [-0.25, -0.2) is 0 Å². The molecular formula is C16H23ClN2O. The molecule has 110 valence electrons. The summed E-state index contributed by atoms with van der Waals surface area (Å²) < 4.78 is 5.93. The van der Waals surface area contributed by atoms with E-state index in [0.717, 1.165) is 44.4 Å². The maximum atomic E-state index is 5.95. The molecule has 2 fully saturated rings. The van der Waals surface area contributed by atoms with Gasteiger partial charge in [0, 0.05) is 31.2 Å². The Morgan fingerprint density at radius 1 is 1.40 bits per heavy atom. The Balaban J connectivity index is 1.62. The third-order valence-corrected chi connectivity index (χ3v) is 4.71. The highest BCUT2D eigenvalue weighted by Gasteiger charge is 2.32. The van der Waals surface area contributed by atoms with Crippen molar-refractivity contribution in [1.82, 2.24) is 10.2 Å². The van der Waals surface area contributed by atoms with Gasteiger partial charge in [-0.1, -0.05) is 30.7 Å². The summed E-state index contributed by atoms with van der Waals surface area (Å²) in [6, 6.07) is 8.05. The first kappa shape index (κ1) is 14.3. The number of ether oxygens (including phenoxy) is 1. The molecule has 0 spiro atoms. The number of nitrogens with zero attached hydrogens (tertiary/aromatic N) is 1. The summed E-state index contributed by atoms with van der Waals surface area (Å²) in [5.74, 6) is 0. The van der Waals surface area contributed by atoms with Crippen LogP contribution >= 0.6 is 11.6 Å². The molecule has 2 aliphatic rings. The number of hydrogen-bond donors (Lipinski definition) is 1. The number of hydrogen-bond acceptors (Lipinski definition) is 3. The lowest BCUT2D eigenvalue weighted by atomic mass is 9.89. The molecule has 2 saturated heterocycles. The predicted octanol–water partition coefficient (Wildman–Crippen LogP) is 2.71. The summed E-state index contributed by atoms with van der Waals surface area (Å²) in [6.45, 7) is 8.68. The lowest BCUT2D eigenvalue weighted by Gasteiger charge is -2.37. The molecule has 0 saturated carbocycles. The average Bonchev–Trinajstić information content (AvgIpc) is 2.86. The Morgan fingerprint density at radius 2 is 2.20 bits per heavy atom. The van der Waals surface area contributed by atoms with Crippen molar-refractivity contribution in [2.24, 2.45) is 5.41 Å². The molecule has 2 heterocycles. The monoisotopic (exact) mass is 294 g/mol. The van der Waals surface area contributed by atoms with Crippen molar-refractivity contribution in [2.45, 2.75) is 19.4 Å². The molecule has 2 atom stereocenters. The highest BCUT2D eigenvalue weighted by molar-refractivity contribution is 6.30. The third kappa shape index (κ3) is 3.34. The van der Waals surface area contributed by atoms with Crippen LogP contribution in [0.4, 0.5) is 0 Å². The van der Waals surface area contributed by atoms with Crippen LogP contribution in [0, 0.1) is 5.41 Å². The highest BCUT2D eigenvalue weighted by atomic mass is 35.5. The number of rotatable bonds is 3. The molecule has 0 aromatic heterocycles. The number of nitrogens with one attached hydrogen (secondary N) is 1. The summed E-state index contributed by atoms with van der Waals surface area (Å²) in [6.07, 6.45) is 1.45. The van der Waals surface area contributed by atoms with Gasteiger partial charge in [0.15, 0.2) is 0 Å². The highest BCUT2D eigenvalue weighted by Crippen LogP contribution is 2.29. The topological polar surface area (TPSA) is 24.5 Å². The molecule has 0 amide bonds. The van der Waals surface area contributed by atoms with Gasteiger partial charge in [-0.05, 0) is 36.1 Å². The lowest BCUT2D eigenvalue weighted by Crippen LogP contribution is -2.44. The van der Waals surface area contributed by atoms with E-state index in [-0.39, 0.29) is 6.10 Å². The van der Waals surface area contributed by atoms with Gasteiger partial charge >= 0.3 is 0 Å². The average molecular weight is 295 g/mol. The lowest BCUT2D eigenvalue weighted by molar-refractivity contribution is -0.0400. The van der Waals surface area contributed by atoms with E-state index >= 15 is 0 Å². The van der Waals surface area contributed by atoms with Crippen LogP contribution in [0.5, 0.6) is 0 Å². The molecule has 20 heavy (non-hydrogen) atoms. The first-order chi connectivity index (χ1) is 9.65. The second-order valence-electron chi connectivity index (χ2n) is 6.38. The van der Waals surface area contributed by atoms with E-state index in [9.17, 15) is 0 Å². The molecule has 4 heteroatoms. The number of benzene rings is 1. The molecule has 0 radical (unpaired) electrons. The fraction of sp³-hybridized carbons (Fsp3) is 0.625. The Kier molecular flexibility index (Phi) is 4.32. The molecule has 2 unspecified atom stereocenters. The van der Waals surface area contributed by atoms with Crippen molar-refractivity contribution in [3.05, 3.63) is 34.9 Å². The van der Waals surface area contributed by atoms with Gasteiger partial charge in [0.05, 0.1) is 12.7 Å². The molecule has 0 aliphatic carbocycles. The van der Waals surface area contributed by atoms with Gasteiger partial charge in [-0.2, -0.15) is 0 Å². The van der Waals surface area contributed by atoms with E-state index in [1.54, 1.807) is 0 Å². The molecule has 3 rings (SSSR count). The van der Waals surface area contributed by atoms with Crippen molar-refractivity contribution in [3.63, 3.8) is 0 Å². The Labute approximate surface area is 126 Å². The fourth-order valence-electron chi connectivity index (χ4n) is 3.27. The smallest absolute Gasteiger partial charge is 0.0952 e. The largest absolute Gasteiger partial charge is 0.371 e. The molecule has 2 aliphatic heterocycles. The van der Waals surface area contributed by atoms with E-state index < -0.39 is 0 Å². The van der Waals surface area contributed by atoms with Crippen molar-refractivity contribution < 1.29 is 4.74 Å². The Bertz CT molecular complexity index is 442. The number of morpholine rings is 1. The Hall–Kier alpha value is -0.610. The fourth-order valence-corrected chi connectivity index (χ4v) is 3.39. The van der Waals surface area contributed by atoms with Gasteiger partial charge in [0.1, 0.15) is 0 Å². The second kappa shape index (κ2) is 6.02. The van der Waals surface area contributed by atoms with Crippen LogP contribution in [0.2, 0.25) is 5.02 Å². The van der Waals surface area contributed by atoms with Gasteiger partial charge in [-0.3, -0.25) is 4.90 Å². The summed E-state index contributed by atoms with van der Waals surface area (Å²) in [7, 11) is 0. The first-order valence-electron chi connectivity index (χ1n) is 7.45. The summed E-state index contributed by atoms with van der Waals surface area (Å²) in [5.41, 5.74) is 1.65. The van der Waals surface area contributed by atoms with Crippen LogP contribution in [0.25, 0.3) is 0 Å². The van der Waals surface area contributed by atoms with Crippen LogP contribution in [0.15, 0.2) is 24.3 Å². The quantitative estimate of drug-likeness (QED) is 0.928. The van der Waals surface area contributed by atoms with Crippen molar-refractivity contribution >= 4 is 11.6 Å². The maximum Gasteiger partial charge on any atom is 0.0952 e. The zero-order valence-electron chi connectivity index (χ0n) is 12.1. The summed E-state index contributed by atoms with van der Waals surface area (Å²) >= 11 is 5.95. The van der Waals surface area contributed by atoms with Crippen LogP contribution < -0.4 is 5.32 Å². The minimum absolute atomic E-state index is 0.180. The third-order valence-electron chi connectivity index (χ3n) is 4.45. The van der Waals surface area contributed by atoms with E-state index in [2.05, 4.69) is 29.3 Å². The second-order valence-corrected chi connectivity index (χ2v) is 6.82. The van der Waals surface area contributed by atoms with E-state index in [1.165, 1.54) is 12.0 Å². The van der Waals surface area contributed by atoms with Crippen LogP contribution in [-0.2, 0) is 4.74 Å².